The molecule has 184 valence electrons. The van der Waals surface area contributed by atoms with Crippen LogP contribution in [0, 0.1) is 16.0 Å². The maximum atomic E-state index is 13.7. The number of carbonyl (C=O) groups excluding carboxylic acids is 2. The summed E-state index contributed by atoms with van der Waals surface area (Å²) in [6, 6.07) is 14.3. The summed E-state index contributed by atoms with van der Waals surface area (Å²) < 4.78 is 5.57. The summed E-state index contributed by atoms with van der Waals surface area (Å²) >= 11 is 9.38. The Bertz CT molecular complexity index is 1420. The minimum absolute atomic E-state index is 0.130. The molecule has 0 radical (unpaired) electrons. The highest BCUT2D eigenvalue weighted by Crippen LogP contribution is 2.50. The number of imide groups is 1. The van der Waals surface area contributed by atoms with E-state index in [0.29, 0.717) is 20.7 Å². The summed E-state index contributed by atoms with van der Waals surface area (Å²) in [6.45, 7) is 0. The van der Waals surface area contributed by atoms with Crippen LogP contribution in [0.1, 0.15) is 11.6 Å². The number of hydrogen-bond donors (Lipinski definition) is 1. The van der Waals surface area contributed by atoms with E-state index in [1.54, 1.807) is 30.3 Å². The van der Waals surface area contributed by atoms with E-state index in [1.807, 2.05) is 0 Å². The third-order valence-corrected chi connectivity index (χ3v) is 6.93. The van der Waals surface area contributed by atoms with Gasteiger partial charge in [-0.1, -0.05) is 23.7 Å². The number of fused-ring (bicyclic) bond motifs is 1. The lowest BCUT2D eigenvalue weighted by molar-refractivity contribution is -0.384. The molecule has 2 amide bonds. The molecule has 0 unspecified atom stereocenters. The van der Waals surface area contributed by atoms with Crippen LogP contribution in [0.2, 0.25) is 5.02 Å². The van der Waals surface area contributed by atoms with Crippen LogP contribution in [-0.2, 0) is 14.4 Å². The molecule has 0 spiro atoms. The number of nitro benzene ring substituents is 1. The molecule has 0 bridgehead atoms. The molecule has 2 fully saturated rings. The zero-order chi connectivity index (χ0) is 25.7. The van der Waals surface area contributed by atoms with Crippen molar-refractivity contribution in [3.05, 3.63) is 85.8 Å². The van der Waals surface area contributed by atoms with Crippen molar-refractivity contribution in [2.75, 3.05) is 17.1 Å². The highest BCUT2D eigenvalue weighted by Gasteiger charge is 2.60. The van der Waals surface area contributed by atoms with Crippen LogP contribution >= 0.6 is 27.5 Å². The second kappa shape index (κ2) is 9.08. The second-order valence-corrected chi connectivity index (χ2v) is 9.44. The normalized spacial score (nSPS) is 21.1. The number of rotatable bonds is 5. The predicted octanol–water partition coefficient (Wildman–Crippen LogP) is 4.78. The number of nitrogens with zero attached hydrogens (tertiary/aromatic N) is 3. The smallest absolute Gasteiger partial charge is 0.271 e. The molecule has 10 nitrogen and oxygen atoms in total. The molecule has 1 N–H and O–H groups in total. The molecule has 0 saturated carbocycles. The number of benzene rings is 3. The SMILES string of the molecule is COc1cc([C@H]2[C@H]3C(=O)N(c4cccc(Cl)c4)C(=O)[C@H]3ON2c2cccc([N+](=O)[O-])c2)cc(Br)c1O. The van der Waals surface area contributed by atoms with Gasteiger partial charge < -0.3 is 9.84 Å². The first-order chi connectivity index (χ1) is 17.2. The number of nitro groups is 1. The largest absolute Gasteiger partial charge is 0.503 e. The Morgan fingerprint density at radius 1 is 1.08 bits per heavy atom. The third kappa shape index (κ3) is 3.85. The first-order valence-corrected chi connectivity index (χ1v) is 11.8. The van der Waals surface area contributed by atoms with Gasteiger partial charge in [0.15, 0.2) is 17.6 Å². The van der Waals surface area contributed by atoms with Gasteiger partial charge in [0.05, 0.1) is 33.9 Å². The van der Waals surface area contributed by atoms with Gasteiger partial charge in [0.2, 0.25) is 5.91 Å². The van der Waals surface area contributed by atoms with Gasteiger partial charge >= 0.3 is 0 Å². The molecular weight excluding hydrogens is 558 g/mol. The van der Waals surface area contributed by atoms with Gasteiger partial charge in [0.1, 0.15) is 5.92 Å². The maximum absolute atomic E-state index is 13.7. The Hall–Kier alpha value is -3.67. The van der Waals surface area contributed by atoms with Gasteiger partial charge in [-0.2, -0.15) is 0 Å². The average molecular weight is 575 g/mol. The highest BCUT2D eigenvalue weighted by atomic mass is 79.9. The Morgan fingerprint density at radius 3 is 2.50 bits per heavy atom. The lowest BCUT2D eigenvalue weighted by atomic mass is 9.90. The van der Waals surface area contributed by atoms with Gasteiger partial charge in [-0.15, -0.1) is 0 Å². The number of aromatic hydroxyl groups is 1. The van der Waals surface area contributed by atoms with E-state index in [2.05, 4.69) is 15.9 Å². The molecule has 3 atom stereocenters. The highest BCUT2D eigenvalue weighted by molar-refractivity contribution is 9.10. The zero-order valence-electron chi connectivity index (χ0n) is 18.5. The van der Waals surface area contributed by atoms with Gasteiger partial charge in [-0.3, -0.25) is 24.5 Å². The van der Waals surface area contributed by atoms with E-state index in [4.69, 9.17) is 21.2 Å². The van der Waals surface area contributed by atoms with E-state index < -0.39 is 34.8 Å². The lowest BCUT2D eigenvalue weighted by Crippen LogP contribution is -2.37. The fourth-order valence-corrected chi connectivity index (χ4v) is 5.16. The van der Waals surface area contributed by atoms with Gasteiger partial charge in [0, 0.05) is 17.2 Å². The third-order valence-electron chi connectivity index (χ3n) is 6.09. The molecule has 36 heavy (non-hydrogen) atoms. The number of ether oxygens (including phenoxy) is 1. The quantitative estimate of drug-likeness (QED) is 0.263. The fraction of sp³-hybridized carbons (Fsp3) is 0.167. The number of carbonyl (C=O) groups is 2. The van der Waals surface area contributed by atoms with Crippen molar-refractivity contribution >= 4 is 56.4 Å². The summed E-state index contributed by atoms with van der Waals surface area (Å²) in [5, 5.41) is 23.4. The van der Waals surface area contributed by atoms with Crippen LogP contribution in [0.4, 0.5) is 17.1 Å². The lowest BCUT2D eigenvalue weighted by Gasteiger charge is -2.29. The maximum Gasteiger partial charge on any atom is 0.271 e. The monoisotopic (exact) mass is 573 g/mol. The standard InChI is InChI=1S/C24H17BrClN3O7/c1-35-18-9-12(8-17(25)21(18)30)20-19-22(36-28(20)15-6-3-7-16(11-15)29(33)34)24(32)27(23(19)31)14-5-2-4-13(26)10-14/h2-11,19-20,22,30H,1H3/t19-,20+,22+/m1/s1. The second-order valence-electron chi connectivity index (χ2n) is 8.14. The van der Waals surface area contributed by atoms with Crippen LogP contribution in [0.5, 0.6) is 11.5 Å². The molecule has 12 heteroatoms. The minimum Gasteiger partial charge on any atom is -0.503 e. The van der Waals surface area contributed by atoms with E-state index in [1.165, 1.54) is 42.5 Å². The fourth-order valence-electron chi connectivity index (χ4n) is 4.51. The Labute approximate surface area is 217 Å². The zero-order valence-corrected chi connectivity index (χ0v) is 20.8. The first kappa shape index (κ1) is 24.0. The number of phenolic OH excluding ortho intramolecular Hbond substituents is 1. The summed E-state index contributed by atoms with van der Waals surface area (Å²) in [6.07, 6.45) is -1.20. The molecule has 3 aromatic carbocycles. The summed E-state index contributed by atoms with van der Waals surface area (Å²) in [5.74, 6) is -2.13. The van der Waals surface area contributed by atoms with Crippen LogP contribution in [-0.4, -0.2) is 35.1 Å². The topological polar surface area (TPSA) is 122 Å². The number of non-ortho nitro benzene ring substituents is 1. The van der Waals surface area contributed by atoms with E-state index in [9.17, 15) is 24.8 Å². The first-order valence-electron chi connectivity index (χ1n) is 10.6. The number of hydrogen-bond acceptors (Lipinski definition) is 8. The van der Waals surface area contributed by atoms with Crippen LogP contribution < -0.4 is 14.7 Å². The number of hydroxylamine groups is 1. The molecule has 2 saturated heterocycles. The number of methoxy groups -OCH3 is 1. The number of amides is 2. The van der Waals surface area contributed by atoms with E-state index in [0.717, 1.165) is 4.90 Å². The van der Waals surface area contributed by atoms with E-state index >= 15 is 0 Å². The Morgan fingerprint density at radius 2 is 1.81 bits per heavy atom. The van der Waals surface area contributed by atoms with Crippen molar-refractivity contribution in [3.8, 4) is 11.5 Å². The Kier molecular flexibility index (Phi) is 6.07. The van der Waals surface area contributed by atoms with Crippen LogP contribution in [0.3, 0.4) is 0 Å². The summed E-state index contributed by atoms with van der Waals surface area (Å²) in [5.41, 5.74) is 0.876. The summed E-state index contributed by atoms with van der Waals surface area (Å²) in [4.78, 5) is 45.0. The van der Waals surface area contributed by atoms with Gasteiger partial charge in [0.25, 0.3) is 11.6 Å². The molecule has 3 aromatic rings. The summed E-state index contributed by atoms with van der Waals surface area (Å²) in [7, 11) is 1.38. The number of phenols is 1. The molecule has 2 aliphatic rings. The van der Waals surface area contributed by atoms with Crippen molar-refractivity contribution in [3.63, 3.8) is 0 Å². The van der Waals surface area contributed by atoms with Crippen molar-refractivity contribution in [1.82, 2.24) is 0 Å². The molecule has 2 aliphatic heterocycles. The van der Waals surface area contributed by atoms with Gasteiger partial charge in [-0.25, -0.2) is 9.96 Å². The number of anilines is 2. The van der Waals surface area contributed by atoms with Crippen molar-refractivity contribution in [1.29, 1.82) is 0 Å². The Balaban J connectivity index is 1.65. The van der Waals surface area contributed by atoms with Crippen LogP contribution in [0.25, 0.3) is 0 Å². The molecule has 5 rings (SSSR count). The molecule has 0 aromatic heterocycles. The average Bonchev–Trinajstić information content (AvgIpc) is 3.36. The van der Waals surface area contributed by atoms with Gasteiger partial charge in [-0.05, 0) is 57.9 Å². The molecule has 0 aliphatic carbocycles. The number of halogens is 2. The van der Waals surface area contributed by atoms with Crippen molar-refractivity contribution in [2.24, 2.45) is 5.92 Å². The minimum atomic E-state index is -1.20. The van der Waals surface area contributed by atoms with E-state index in [-0.39, 0.29) is 22.9 Å². The van der Waals surface area contributed by atoms with Crippen molar-refractivity contribution in [2.45, 2.75) is 12.1 Å². The van der Waals surface area contributed by atoms with Crippen LogP contribution in [0.15, 0.2) is 65.1 Å². The predicted molar refractivity (Wildman–Crippen MR) is 133 cm³/mol. The van der Waals surface area contributed by atoms with Crippen molar-refractivity contribution < 1.29 is 29.2 Å². The molecule has 2 heterocycles. The molecular formula is C24H17BrClN3O7.